The minimum atomic E-state index is -0.526. The first-order valence-corrected chi connectivity index (χ1v) is 8.87. The van der Waals surface area contributed by atoms with Crippen molar-refractivity contribution in [2.45, 2.75) is 39.2 Å². The van der Waals surface area contributed by atoms with Crippen LogP contribution in [0.15, 0.2) is 22.6 Å². The number of oxazole rings is 1. The molecule has 9 heteroatoms. The number of rotatable bonds is 4. The predicted molar refractivity (Wildman–Crippen MR) is 96.7 cm³/mol. The molecule has 0 aliphatic carbocycles. The lowest BCUT2D eigenvalue weighted by Crippen LogP contribution is -2.44. The number of piperidine rings is 1. The molecule has 1 amide bonds. The average molecular weight is 377 g/mol. The zero-order valence-corrected chi connectivity index (χ0v) is 15.6. The van der Waals surface area contributed by atoms with Crippen molar-refractivity contribution in [3.05, 3.63) is 28.3 Å². The number of likely N-dealkylation sites (tertiary alicyclic amines) is 1. The van der Waals surface area contributed by atoms with Gasteiger partial charge in [-0.1, -0.05) is 0 Å². The summed E-state index contributed by atoms with van der Waals surface area (Å²) >= 11 is 0. The van der Waals surface area contributed by atoms with Crippen molar-refractivity contribution in [2.24, 2.45) is 5.92 Å². The lowest BCUT2D eigenvalue weighted by molar-refractivity contribution is -0.384. The molecule has 0 bridgehead atoms. The highest BCUT2D eigenvalue weighted by Crippen LogP contribution is 2.26. The number of fused-ring (bicyclic) bond motifs is 1. The van der Waals surface area contributed by atoms with Crippen molar-refractivity contribution < 1.29 is 23.6 Å². The van der Waals surface area contributed by atoms with E-state index in [0.29, 0.717) is 30.8 Å². The maximum atomic E-state index is 12.2. The van der Waals surface area contributed by atoms with Crippen LogP contribution >= 0.6 is 0 Å². The van der Waals surface area contributed by atoms with Crippen molar-refractivity contribution in [2.75, 3.05) is 19.7 Å². The molecule has 9 nitrogen and oxygen atoms in total. The number of non-ortho nitro benzene ring substituents is 1. The van der Waals surface area contributed by atoms with Crippen molar-refractivity contribution >= 4 is 22.9 Å². The van der Waals surface area contributed by atoms with Crippen LogP contribution in [0.4, 0.5) is 10.5 Å². The Morgan fingerprint density at radius 3 is 2.93 bits per heavy atom. The van der Waals surface area contributed by atoms with Crippen molar-refractivity contribution in [1.29, 1.82) is 0 Å². The molecule has 0 saturated carbocycles. The summed E-state index contributed by atoms with van der Waals surface area (Å²) in [5.74, 6) is 0.135. The third-order valence-corrected chi connectivity index (χ3v) is 4.18. The van der Waals surface area contributed by atoms with E-state index in [1.54, 1.807) is 4.90 Å². The number of amides is 1. The van der Waals surface area contributed by atoms with Crippen molar-refractivity contribution in [3.8, 4) is 6.08 Å². The van der Waals surface area contributed by atoms with E-state index >= 15 is 0 Å². The smallest absolute Gasteiger partial charge is 0.410 e. The SMILES string of the molecule is CC(C)(C)OC(=O)N1CCCC(COc2nc3cc([N+](=O)[O-])ccc3o2)C1. The summed E-state index contributed by atoms with van der Waals surface area (Å²) in [6.07, 6.45) is 1.54. The summed E-state index contributed by atoms with van der Waals surface area (Å²) < 4.78 is 16.5. The number of hydrogen-bond acceptors (Lipinski definition) is 7. The number of nitro groups is 1. The fourth-order valence-corrected chi connectivity index (χ4v) is 2.95. The second-order valence-corrected chi connectivity index (χ2v) is 7.63. The molecule has 1 aromatic heterocycles. The molecular weight excluding hydrogens is 354 g/mol. The van der Waals surface area contributed by atoms with Crippen molar-refractivity contribution in [3.63, 3.8) is 0 Å². The van der Waals surface area contributed by atoms with Gasteiger partial charge in [-0.2, -0.15) is 4.98 Å². The van der Waals surface area contributed by atoms with Gasteiger partial charge >= 0.3 is 12.2 Å². The molecule has 1 aromatic carbocycles. The van der Waals surface area contributed by atoms with Gasteiger partial charge in [0.05, 0.1) is 11.5 Å². The molecular formula is C18H23N3O6. The average Bonchev–Trinajstić information content (AvgIpc) is 3.00. The Morgan fingerprint density at radius 1 is 1.44 bits per heavy atom. The summed E-state index contributed by atoms with van der Waals surface area (Å²) in [6.45, 7) is 7.07. The van der Waals surface area contributed by atoms with Gasteiger partial charge in [0.2, 0.25) is 0 Å². The van der Waals surface area contributed by atoms with Gasteiger partial charge in [-0.25, -0.2) is 4.79 Å². The quantitative estimate of drug-likeness (QED) is 0.589. The van der Waals surface area contributed by atoms with Gasteiger partial charge in [0.15, 0.2) is 5.58 Å². The van der Waals surface area contributed by atoms with Crippen LogP contribution in [0.1, 0.15) is 33.6 Å². The van der Waals surface area contributed by atoms with Crippen LogP contribution in [-0.4, -0.2) is 46.2 Å². The topological polar surface area (TPSA) is 108 Å². The van der Waals surface area contributed by atoms with Gasteiger partial charge in [-0.3, -0.25) is 10.1 Å². The van der Waals surface area contributed by atoms with E-state index in [-0.39, 0.29) is 23.8 Å². The summed E-state index contributed by atoms with van der Waals surface area (Å²) in [7, 11) is 0. The normalized spacial score (nSPS) is 17.7. The molecule has 2 aromatic rings. The molecule has 1 aliphatic rings. The Bertz CT molecular complexity index is 841. The van der Waals surface area contributed by atoms with E-state index in [1.807, 2.05) is 20.8 Å². The van der Waals surface area contributed by atoms with Crippen LogP contribution < -0.4 is 4.74 Å². The van der Waals surface area contributed by atoms with Crippen LogP contribution in [0.2, 0.25) is 0 Å². The maximum absolute atomic E-state index is 12.2. The molecule has 27 heavy (non-hydrogen) atoms. The first kappa shape index (κ1) is 18.9. The molecule has 1 atom stereocenters. The van der Waals surface area contributed by atoms with E-state index in [9.17, 15) is 14.9 Å². The Kier molecular flexibility index (Phi) is 5.20. The van der Waals surface area contributed by atoms with E-state index in [1.165, 1.54) is 18.2 Å². The number of nitro benzene ring substituents is 1. The first-order valence-electron chi connectivity index (χ1n) is 8.87. The minimum absolute atomic E-state index is 0.0531. The Morgan fingerprint density at radius 2 is 2.22 bits per heavy atom. The van der Waals surface area contributed by atoms with Gasteiger partial charge in [0.25, 0.3) is 5.69 Å². The summed E-state index contributed by atoms with van der Waals surface area (Å²) in [5.41, 5.74) is 0.219. The highest BCUT2D eigenvalue weighted by atomic mass is 16.6. The van der Waals surface area contributed by atoms with Crippen molar-refractivity contribution in [1.82, 2.24) is 9.88 Å². The van der Waals surface area contributed by atoms with E-state index < -0.39 is 10.5 Å². The largest absolute Gasteiger partial charge is 0.450 e. The van der Waals surface area contributed by atoms with Gasteiger partial charge in [-0.15, -0.1) is 0 Å². The highest BCUT2D eigenvalue weighted by molar-refractivity contribution is 5.75. The zero-order valence-electron chi connectivity index (χ0n) is 15.6. The van der Waals surface area contributed by atoms with Crippen LogP contribution in [0.5, 0.6) is 6.08 Å². The summed E-state index contributed by atoms with van der Waals surface area (Å²) in [5, 5.41) is 10.8. The molecule has 0 spiro atoms. The molecule has 0 radical (unpaired) electrons. The predicted octanol–water partition coefficient (Wildman–Crippen LogP) is 3.76. The van der Waals surface area contributed by atoms with E-state index in [0.717, 1.165) is 12.8 Å². The summed E-state index contributed by atoms with van der Waals surface area (Å²) in [4.78, 5) is 28.4. The molecule has 146 valence electrons. The Labute approximate surface area is 156 Å². The number of benzene rings is 1. The lowest BCUT2D eigenvalue weighted by Gasteiger charge is -2.33. The molecule has 1 unspecified atom stereocenters. The van der Waals surface area contributed by atoms with Gasteiger partial charge in [-0.05, 0) is 39.7 Å². The fraction of sp³-hybridized carbons (Fsp3) is 0.556. The summed E-state index contributed by atoms with van der Waals surface area (Å²) in [6, 6.07) is 4.20. The molecule has 1 fully saturated rings. The number of aromatic nitrogens is 1. The second kappa shape index (κ2) is 7.42. The minimum Gasteiger partial charge on any atom is -0.450 e. The molecule has 1 aliphatic heterocycles. The van der Waals surface area contributed by atoms with Gasteiger partial charge < -0.3 is 18.8 Å². The number of carbonyl (C=O) groups is 1. The Balaban J connectivity index is 1.58. The lowest BCUT2D eigenvalue weighted by atomic mass is 9.99. The van der Waals surface area contributed by atoms with Gasteiger partial charge in [0.1, 0.15) is 11.1 Å². The van der Waals surface area contributed by atoms with Crippen LogP contribution in [0.25, 0.3) is 11.1 Å². The van der Waals surface area contributed by atoms with E-state index in [4.69, 9.17) is 13.9 Å². The zero-order chi connectivity index (χ0) is 19.6. The third kappa shape index (κ3) is 4.87. The molecule has 2 heterocycles. The van der Waals surface area contributed by atoms with Gasteiger partial charge in [0, 0.05) is 31.1 Å². The fourth-order valence-electron chi connectivity index (χ4n) is 2.95. The Hall–Kier alpha value is -2.84. The van der Waals surface area contributed by atoms with Crippen LogP contribution in [-0.2, 0) is 4.74 Å². The number of hydrogen-bond donors (Lipinski definition) is 0. The first-order chi connectivity index (χ1) is 12.7. The maximum Gasteiger partial charge on any atom is 0.410 e. The third-order valence-electron chi connectivity index (χ3n) is 4.18. The standard InChI is InChI=1S/C18H23N3O6/c1-18(2,3)27-17(22)20-8-4-5-12(10-20)11-25-16-19-14-9-13(21(23)24)6-7-15(14)26-16/h6-7,9,12H,4-5,8,10-11H2,1-3H3. The number of nitrogens with zero attached hydrogens (tertiary/aromatic N) is 3. The highest BCUT2D eigenvalue weighted by Gasteiger charge is 2.28. The van der Waals surface area contributed by atoms with E-state index in [2.05, 4.69) is 4.98 Å². The van der Waals surface area contributed by atoms with Crippen LogP contribution in [0.3, 0.4) is 0 Å². The molecule has 3 rings (SSSR count). The number of ether oxygens (including phenoxy) is 2. The van der Waals surface area contributed by atoms with Crippen LogP contribution in [0, 0.1) is 16.0 Å². The second-order valence-electron chi connectivity index (χ2n) is 7.63. The molecule has 0 N–H and O–H groups in total. The molecule has 1 saturated heterocycles. The monoisotopic (exact) mass is 377 g/mol. The number of carbonyl (C=O) groups excluding carboxylic acids is 1.